The van der Waals surface area contributed by atoms with E-state index in [-0.39, 0.29) is 11.9 Å². The predicted molar refractivity (Wildman–Crippen MR) is 129 cm³/mol. The van der Waals surface area contributed by atoms with Gasteiger partial charge in [0.1, 0.15) is 0 Å². The third-order valence-corrected chi connectivity index (χ3v) is 6.32. The summed E-state index contributed by atoms with van der Waals surface area (Å²) in [4.78, 5) is 17.4. The lowest BCUT2D eigenvalue weighted by atomic mass is 10.0. The highest BCUT2D eigenvalue weighted by atomic mass is 16.1. The minimum absolute atomic E-state index is 0.0227. The molecule has 4 nitrogen and oxygen atoms in total. The van der Waals surface area contributed by atoms with Crippen LogP contribution in [0.3, 0.4) is 0 Å². The maximum absolute atomic E-state index is 12.9. The Balaban J connectivity index is 1.59. The number of benzene rings is 3. The summed E-state index contributed by atoms with van der Waals surface area (Å²) in [6, 6.07) is 23.2. The van der Waals surface area contributed by atoms with Crippen molar-refractivity contribution >= 4 is 17.3 Å². The number of amides is 1. The number of aryl methyl sites for hydroxylation is 2. The number of nitrogens with one attached hydrogen (secondary N) is 1. The van der Waals surface area contributed by atoms with Crippen LogP contribution in [0.5, 0.6) is 0 Å². The molecule has 31 heavy (non-hydrogen) atoms. The second kappa shape index (κ2) is 8.84. The van der Waals surface area contributed by atoms with E-state index in [1.807, 2.05) is 39.2 Å². The molecule has 0 radical (unpaired) electrons. The SMILES string of the molecule is Cc1ccc(C(=O)NCC(c2ccc(N(C)C)cc2)N2CCc3ccccc32)cc1C. The first-order valence-corrected chi connectivity index (χ1v) is 10.9. The van der Waals surface area contributed by atoms with Gasteiger partial charge in [-0.15, -0.1) is 0 Å². The second-order valence-electron chi connectivity index (χ2n) is 8.58. The number of para-hydroxylation sites is 1. The van der Waals surface area contributed by atoms with Crippen LogP contribution in [0.1, 0.15) is 38.7 Å². The van der Waals surface area contributed by atoms with Gasteiger partial charge in [0.2, 0.25) is 0 Å². The summed E-state index contributed by atoms with van der Waals surface area (Å²) in [5.41, 5.74) is 8.07. The molecule has 1 unspecified atom stereocenters. The zero-order valence-electron chi connectivity index (χ0n) is 18.9. The van der Waals surface area contributed by atoms with E-state index in [4.69, 9.17) is 0 Å². The number of rotatable bonds is 6. The molecule has 1 N–H and O–H groups in total. The molecule has 0 aromatic heterocycles. The van der Waals surface area contributed by atoms with Gasteiger partial charge in [0.15, 0.2) is 0 Å². The standard InChI is InChI=1S/C27H31N3O/c1-19-9-10-23(17-20(19)2)27(31)28-18-26(22-11-13-24(14-12-22)29(3)4)30-16-15-21-7-5-6-8-25(21)30/h5-14,17,26H,15-16,18H2,1-4H3,(H,28,31). The quantitative estimate of drug-likeness (QED) is 0.624. The molecule has 1 aliphatic heterocycles. The summed E-state index contributed by atoms with van der Waals surface area (Å²) in [5.74, 6) is -0.0227. The van der Waals surface area contributed by atoms with Gasteiger partial charge in [-0.1, -0.05) is 36.4 Å². The van der Waals surface area contributed by atoms with E-state index in [2.05, 4.69) is 70.6 Å². The minimum Gasteiger partial charge on any atom is -0.378 e. The number of anilines is 2. The van der Waals surface area contributed by atoms with E-state index in [9.17, 15) is 4.79 Å². The predicted octanol–water partition coefficient (Wildman–Crippen LogP) is 4.90. The molecule has 0 aliphatic carbocycles. The van der Waals surface area contributed by atoms with E-state index in [1.54, 1.807) is 0 Å². The first-order valence-electron chi connectivity index (χ1n) is 10.9. The van der Waals surface area contributed by atoms with Crippen molar-refractivity contribution in [2.24, 2.45) is 0 Å². The molecule has 3 aromatic rings. The normalized spacial score (nSPS) is 13.6. The first-order chi connectivity index (χ1) is 14.9. The van der Waals surface area contributed by atoms with Crippen LogP contribution in [0.4, 0.5) is 11.4 Å². The maximum atomic E-state index is 12.9. The molecule has 0 bridgehead atoms. The molecular formula is C27H31N3O. The Bertz CT molecular complexity index is 1070. The van der Waals surface area contributed by atoms with Crippen LogP contribution in [-0.2, 0) is 6.42 Å². The van der Waals surface area contributed by atoms with Crippen LogP contribution in [0.15, 0.2) is 66.7 Å². The van der Waals surface area contributed by atoms with E-state index in [0.29, 0.717) is 12.1 Å². The van der Waals surface area contributed by atoms with Gasteiger partial charge < -0.3 is 15.1 Å². The Hall–Kier alpha value is -3.27. The highest BCUT2D eigenvalue weighted by molar-refractivity contribution is 5.94. The number of carbonyl (C=O) groups excluding carboxylic acids is 1. The maximum Gasteiger partial charge on any atom is 0.251 e. The van der Waals surface area contributed by atoms with Gasteiger partial charge in [0, 0.05) is 44.1 Å². The van der Waals surface area contributed by atoms with Gasteiger partial charge in [0.05, 0.1) is 6.04 Å². The number of nitrogens with zero attached hydrogens (tertiary/aromatic N) is 2. The number of fused-ring (bicyclic) bond motifs is 1. The summed E-state index contributed by atoms with van der Waals surface area (Å²) in [6.07, 6.45) is 1.04. The average molecular weight is 414 g/mol. The van der Waals surface area contributed by atoms with Crippen molar-refractivity contribution in [1.29, 1.82) is 0 Å². The van der Waals surface area contributed by atoms with Gasteiger partial charge in [-0.25, -0.2) is 0 Å². The smallest absolute Gasteiger partial charge is 0.251 e. The van der Waals surface area contributed by atoms with E-state index < -0.39 is 0 Å². The van der Waals surface area contributed by atoms with E-state index >= 15 is 0 Å². The van der Waals surface area contributed by atoms with Crippen LogP contribution in [-0.4, -0.2) is 33.1 Å². The van der Waals surface area contributed by atoms with Crippen molar-refractivity contribution in [1.82, 2.24) is 5.32 Å². The van der Waals surface area contributed by atoms with Gasteiger partial charge in [0.25, 0.3) is 5.91 Å². The monoisotopic (exact) mass is 413 g/mol. The van der Waals surface area contributed by atoms with Crippen molar-refractivity contribution in [3.8, 4) is 0 Å². The molecule has 1 heterocycles. The fraction of sp³-hybridized carbons (Fsp3) is 0.296. The lowest BCUT2D eigenvalue weighted by molar-refractivity contribution is 0.0951. The van der Waals surface area contributed by atoms with Crippen LogP contribution in [0, 0.1) is 13.8 Å². The molecule has 0 saturated heterocycles. The topological polar surface area (TPSA) is 35.6 Å². The van der Waals surface area contributed by atoms with Crippen LogP contribution in [0.2, 0.25) is 0 Å². The zero-order valence-corrected chi connectivity index (χ0v) is 18.9. The molecule has 0 saturated carbocycles. The molecule has 0 fully saturated rings. The molecule has 3 aromatic carbocycles. The molecule has 4 heteroatoms. The zero-order chi connectivity index (χ0) is 22.0. The lowest BCUT2D eigenvalue weighted by Crippen LogP contribution is -2.37. The van der Waals surface area contributed by atoms with Crippen molar-refractivity contribution in [2.75, 3.05) is 37.0 Å². The van der Waals surface area contributed by atoms with Gasteiger partial charge in [-0.2, -0.15) is 0 Å². The third kappa shape index (κ3) is 4.43. The molecule has 0 spiro atoms. The summed E-state index contributed by atoms with van der Waals surface area (Å²) in [6.45, 7) is 5.62. The van der Waals surface area contributed by atoms with Crippen molar-refractivity contribution < 1.29 is 4.79 Å². The molecule has 1 atom stereocenters. The Labute approximate surface area is 185 Å². The Morgan fingerprint density at radius 3 is 2.45 bits per heavy atom. The summed E-state index contributed by atoms with van der Waals surface area (Å²) in [7, 11) is 4.10. The van der Waals surface area contributed by atoms with Crippen molar-refractivity contribution in [3.05, 3.63) is 94.5 Å². The number of hydrogen-bond donors (Lipinski definition) is 1. The Morgan fingerprint density at radius 2 is 1.74 bits per heavy atom. The highest BCUT2D eigenvalue weighted by Gasteiger charge is 2.27. The summed E-state index contributed by atoms with van der Waals surface area (Å²) >= 11 is 0. The third-order valence-electron chi connectivity index (χ3n) is 6.32. The molecule has 1 aliphatic rings. The minimum atomic E-state index is -0.0227. The van der Waals surface area contributed by atoms with Crippen LogP contribution < -0.4 is 15.1 Å². The molecule has 4 rings (SSSR count). The van der Waals surface area contributed by atoms with Crippen molar-refractivity contribution in [3.63, 3.8) is 0 Å². The highest BCUT2D eigenvalue weighted by Crippen LogP contribution is 2.35. The first kappa shape index (κ1) is 21.0. The van der Waals surface area contributed by atoms with Gasteiger partial charge in [-0.05, 0) is 72.9 Å². The second-order valence-corrected chi connectivity index (χ2v) is 8.58. The molecule has 160 valence electrons. The average Bonchev–Trinajstić information content (AvgIpc) is 3.20. The molecule has 1 amide bonds. The van der Waals surface area contributed by atoms with Crippen molar-refractivity contribution in [2.45, 2.75) is 26.3 Å². The summed E-state index contributed by atoms with van der Waals surface area (Å²) < 4.78 is 0. The van der Waals surface area contributed by atoms with Crippen LogP contribution >= 0.6 is 0 Å². The summed E-state index contributed by atoms with van der Waals surface area (Å²) in [5, 5.41) is 3.20. The largest absolute Gasteiger partial charge is 0.378 e. The fourth-order valence-electron chi connectivity index (χ4n) is 4.26. The van der Waals surface area contributed by atoms with Gasteiger partial charge in [-0.3, -0.25) is 4.79 Å². The Morgan fingerprint density at radius 1 is 1.00 bits per heavy atom. The van der Waals surface area contributed by atoms with Crippen LogP contribution in [0.25, 0.3) is 0 Å². The number of hydrogen-bond acceptors (Lipinski definition) is 3. The fourth-order valence-corrected chi connectivity index (χ4v) is 4.26. The van der Waals surface area contributed by atoms with Gasteiger partial charge >= 0.3 is 0 Å². The Kier molecular flexibility index (Phi) is 5.99. The number of carbonyl (C=O) groups is 1. The lowest BCUT2D eigenvalue weighted by Gasteiger charge is -2.31. The van der Waals surface area contributed by atoms with E-state index in [0.717, 1.165) is 18.5 Å². The van der Waals surface area contributed by atoms with E-state index in [1.165, 1.54) is 28.1 Å². The molecular weight excluding hydrogens is 382 g/mol.